The highest BCUT2D eigenvalue weighted by atomic mass is 79.9. The molecule has 0 atom stereocenters. The van der Waals surface area contributed by atoms with E-state index >= 15 is 0 Å². The number of rotatable bonds is 6. The summed E-state index contributed by atoms with van der Waals surface area (Å²) in [4.78, 5) is 0. The fourth-order valence-corrected chi connectivity index (χ4v) is 3.69. The van der Waals surface area contributed by atoms with Gasteiger partial charge < -0.3 is 0 Å². The van der Waals surface area contributed by atoms with Gasteiger partial charge in [-0.3, -0.25) is 0 Å². The van der Waals surface area contributed by atoms with Crippen molar-refractivity contribution in [3.05, 3.63) is 0 Å². The van der Waals surface area contributed by atoms with Gasteiger partial charge in [0.2, 0.25) is 15.5 Å². The Morgan fingerprint density at radius 2 is 0.800 bits per heavy atom. The molecule has 0 spiro atoms. The SMILES string of the molecule is CC(C)(C)CO[P+](Br)(OCC(C)(C)C)OCC(C)(C)C. The molecule has 0 fully saturated rings. The van der Waals surface area contributed by atoms with Gasteiger partial charge in [0.15, 0.2) is 0 Å². The first-order valence-electron chi connectivity index (χ1n) is 7.14. The van der Waals surface area contributed by atoms with Crippen molar-refractivity contribution in [2.45, 2.75) is 62.3 Å². The maximum Gasteiger partial charge on any atom is 0.487 e. The van der Waals surface area contributed by atoms with Crippen LogP contribution in [0.3, 0.4) is 0 Å². The first kappa shape index (κ1) is 20.8. The van der Waals surface area contributed by atoms with Gasteiger partial charge in [-0.1, -0.05) is 62.3 Å². The second-order valence-corrected chi connectivity index (χ2v) is 13.2. The van der Waals surface area contributed by atoms with Crippen LogP contribution in [0.5, 0.6) is 0 Å². The van der Waals surface area contributed by atoms with E-state index in [-0.39, 0.29) is 16.2 Å². The minimum atomic E-state index is -2.45. The molecule has 5 heteroatoms. The lowest BCUT2D eigenvalue weighted by atomic mass is 9.99. The molecule has 0 aliphatic heterocycles. The summed E-state index contributed by atoms with van der Waals surface area (Å²) in [6.07, 6.45) is 0. The van der Waals surface area contributed by atoms with E-state index in [1.54, 1.807) is 0 Å². The predicted molar refractivity (Wildman–Crippen MR) is 92.1 cm³/mol. The van der Waals surface area contributed by atoms with Crippen LogP contribution in [0.15, 0.2) is 0 Å². The number of hydrogen-bond donors (Lipinski definition) is 0. The summed E-state index contributed by atoms with van der Waals surface area (Å²) in [5.74, 6) is 0. The highest BCUT2D eigenvalue weighted by Crippen LogP contribution is 2.70. The molecular formula is C15H33BrO3P+. The molecule has 0 aromatic carbocycles. The molecule has 0 aromatic rings. The van der Waals surface area contributed by atoms with Crippen molar-refractivity contribution in [1.82, 2.24) is 0 Å². The summed E-state index contributed by atoms with van der Waals surface area (Å²) in [7, 11) is 0. The molecular weight excluding hydrogens is 339 g/mol. The average molecular weight is 372 g/mol. The maximum absolute atomic E-state index is 5.97. The molecule has 0 saturated carbocycles. The third kappa shape index (κ3) is 12.5. The largest absolute Gasteiger partial charge is 0.487 e. The van der Waals surface area contributed by atoms with Crippen LogP contribution in [0, 0.1) is 16.2 Å². The van der Waals surface area contributed by atoms with Gasteiger partial charge in [0, 0.05) is 0 Å². The molecule has 0 rings (SSSR count). The quantitative estimate of drug-likeness (QED) is 0.516. The first-order chi connectivity index (χ1) is 8.62. The Morgan fingerprint density at radius 3 is 0.950 bits per heavy atom. The second-order valence-electron chi connectivity index (χ2n) is 8.93. The van der Waals surface area contributed by atoms with Crippen LogP contribution in [0.4, 0.5) is 0 Å². The number of halogens is 1. The molecule has 0 saturated heterocycles. The van der Waals surface area contributed by atoms with Crippen molar-refractivity contribution in [1.29, 1.82) is 0 Å². The molecule has 0 aliphatic carbocycles. The topological polar surface area (TPSA) is 27.7 Å². The lowest BCUT2D eigenvalue weighted by molar-refractivity contribution is 0.0786. The molecule has 0 heterocycles. The van der Waals surface area contributed by atoms with Gasteiger partial charge in [-0.25, -0.2) is 0 Å². The van der Waals surface area contributed by atoms with E-state index < -0.39 is 6.65 Å². The molecule has 3 nitrogen and oxygen atoms in total. The van der Waals surface area contributed by atoms with Crippen molar-refractivity contribution < 1.29 is 13.6 Å². The highest BCUT2D eigenvalue weighted by molar-refractivity contribution is 9.40. The van der Waals surface area contributed by atoms with Crippen LogP contribution in [0.1, 0.15) is 62.3 Å². The van der Waals surface area contributed by atoms with Gasteiger partial charge in [0.25, 0.3) is 0 Å². The Hall–Kier alpha value is 0.790. The van der Waals surface area contributed by atoms with E-state index in [4.69, 9.17) is 13.6 Å². The molecule has 0 radical (unpaired) electrons. The molecule has 0 aromatic heterocycles. The summed E-state index contributed by atoms with van der Waals surface area (Å²) >= 11 is 3.59. The normalized spacial score (nSPS) is 14.7. The summed E-state index contributed by atoms with van der Waals surface area (Å²) in [6, 6.07) is 0. The van der Waals surface area contributed by atoms with Crippen molar-refractivity contribution in [3.63, 3.8) is 0 Å². The average Bonchev–Trinajstić information content (AvgIpc) is 2.18. The molecule has 0 N–H and O–H groups in total. The highest BCUT2D eigenvalue weighted by Gasteiger charge is 2.46. The Labute approximate surface area is 134 Å². The van der Waals surface area contributed by atoms with Crippen molar-refractivity contribution in [2.24, 2.45) is 16.2 Å². The third-order valence-corrected chi connectivity index (χ3v) is 5.11. The fraction of sp³-hybridized carbons (Fsp3) is 1.00. The summed E-state index contributed by atoms with van der Waals surface area (Å²) in [5, 5.41) is 0. The Kier molecular flexibility index (Phi) is 7.66. The minimum absolute atomic E-state index is 0.0786. The third-order valence-electron chi connectivity index (χ3n) is 1.96. The van der Waals surface area contributed by atoms with Gasteiger partial charge in [-0.2, -0.15) is 13.6 Å². The summed E-state index contributed by atoms with van der Waals surface area (Å²) in [6.45, 7) is 18.6. The van der Waals surface area contributed by atoms with Gasteiger partial charge in [0.1, 0.15) is 19.8 Å². The van der Waals surface area contributed by atoms with Gasteiger partial charge in [-0.05, 0) is 16.2 Å². The summed E-state index contributed by atoms with van der Waals surface area (Å²) < 4.78 is 17.9. The molecule has 0 aliphatic rings. The van der Waals surface area contributed by atoms with E-state index in [0.717, 1.165) is 0 Å². The van der Waals surface area contributed by atoms with E-state index in [1.807, 2.05) is 0 Å². The number of hydrogen-bond acceptors (Lipinski definition) is 3. The monoisotopic (exact) mass is 371 g/mol. The molecule has 0 bridgehead atoms. The molecule has 20 heavy (non-hydrogen) atoms. The lowest BCUT2D eigenvalue weighted by Crippen LogP contribution is -2.21. The molecule has 0 unspecified atom stereocenters. The van der Waals surface area contributed by atoms with Gasteiger partial charge in [-0.15, -0.1) is 0 Å². The van der Waals surface area contributed by atoms with Gasteiger partial charge >= 0.3 is 6.65 Å². The molecule has 122 valence electrons. The first-order valence-corrected chi connectivity index (χ1v) is 10.7. The standard InChI is InChI=1S/C15H33BrO3P/c1-13(2,3)10-17-20(16,18-11-14(4,5)6)19-12-15(7,8)9/h10-12H2,1-9H3/q+1. The van der Waals surface area contributed by atoms with Gasteiger partial charge in [0.05, 0.1) is 0 Å². The van der Waals surface area contributed by atoms with Crippen LogP contribution in [0.2, 0.25) is 0 Å². The maximum atomic E-state index is 5.97. The summed E-state index contributed by atoms with van der Waals surface area (Å²) in [5.41, 5.74) is 0.236. The van der Waals surface area contributed by atoms with Crippen LogP contribution in [-0.4, -0.2) is 19.8 Å². The van der Waals surface area contributed by atoms with E-state index in [9.17, 15) is 0 Å². The lowest BCUT2D eigenvalue weighted by Gasteiger charge is -2.26. The molecule has 0 amide bonds. The zero-order chi connectivity index (χ0) is 16.2. The zero-order valence-corrected chi connectivity index (χ0v) is 17.2. The van der Waals surface area contributed by atoms with Crippen molar-refractivity contribution >= 4 is 22.1 Å². The van der Waals surface area contributed by atoms with Crippen LogP contribution in [0.25, 0.3) is 0 Å². The Bertz CT molecular complexity index is 241. The van der Waals surface area contributed by atoms with E-state index in [1.165, 1.54) is 0 Å². The second kappa shape index (κ2) is 7.37. The minimum Gasteiger partial charge on any atom is -0.169 e. The van der Waals surface area contributed by atoms with Crippen LogP contribution in [-0.2, 0) is 13.6 Å². The zero-order valence-electron chi connectivity index (χ0n) is 14.7. The van der Waals surface area contributed by atoms with Crippen LogP contribution >= 0.6 is 22.1 Å². The Balaban J connectivity index is 4.66. The fourth-order valence-electron chi connectivity index (χ4n) is 0.924. The van der Waals surface area contributed by atoms with Crippen molar-refractivity contribution in [2.75, 3.05) is 19.8 Å². The smallest absolute Gasteiger partial charge is 0.169 e. The van der Waals surface area contributed by atoms with Crippen molar-refractivity contribution in [3.8, 4) is 0 Å². The van der Waals surface area contributed by atoms with Crippen LogP contribution < -0.4 is 0 Å². The van der Waals surface area contributed by atoms with E-state index in [2.05, 4.69) is 77.8 Å². The van der Waals surface area contributed by atoms with E-state index in [0.29, 0.717) is 19.8 Å². The Morgan fingerprint density at radius 1 is 0.600 bits per heavy atom. The predicted octanol–water partition coefficient (Wildman–Crippen LogP) is 6.25.